The van der Waals surface area contributed by atoms with Gasteiger partial charge < -0.3 is 4.90 Å². The van der Waals surface area contributed by atoms with Gasteiger partial charge in [0, 0.05) is 6.54 Å². The Bertz CT molecular complexity index is 1090. The van der Waals surface area contributed by atoms with Gasteiger partial charge in [0.05, 0.1) is 22.4 Å². The molecule has 0 bridgehead atoms. The smallest absolute Gasteiger partial charge is 0.276 e. The van der Waals surface area contributed by atoms with Crippen molar-refractivity contribution in [3.8, 4) is 0 Å². The van der Waals surface area contributed by atoms with Gasteiger partial charge in [-0.15, -0.1) is 5.10 Å². The van der Waals surface area contributed by atoms with Crippen LogP contribution in [-0.4, -0.2) is 38.2 Å². The molecule has 160 valence electrons. The maximum Gasteiger partial charge on any atom is 0.276 e. The van der Waals surface area contributed by atoms with Gasteiger partial charge in [-0.25, -0.2) is 17.6 Å². The second-order valence-electron chi connectivity index (χ2n) is 7.78. The fourth-order valence-corrected chi connectivity index (χ4v) is 4.44. The van der Waals surface area contributed by atoms with Gasteiger partial charge in [0.15, 0.2) is 5.84 Å². The normalized spacial score (nSPS) is 19.9. The highest BCUT2D eigenvalue weighted by atomic mass is 32.2. The summed E-state index contributed by atoms with van der Waals surface area (Å²) < 4.78 is 82.9. The Labute approximate surface area is 171 Å². The lowest BCUT2D eigenvalue weighted by Crippen LogP contribution is -2.35. The Kier molecular flexibility index (Phi) is 4.80. The van der Waals surface area contributed by atoms with E-state index in [0.717, 1.165) is 28.7 Å². The van der Waals surface area contributed by atoms with Gasteiger partial charge in [-0.1, -0.05) is 23.8 Å². The summed E-state index contributed by atoms with van der Waals surface area (Å²) in [4.78, 5) is 2.87. The molecule has 2 aliphatic rings. The molecule has 1 N–H and O–H groups in total. The molecule has 2 aromatic carbocycles. The number of benzene rings is 2. The first-order chi connectivity index (χ1) is 14.0. The van der Waals surface area contributed by atoms with Crippen molar-refractivity contribution in [2.24, 2.45) is 10.5 Å². The SMILES string of the molecule is Cc1ccc(S(=O)(=O)N/N=C(\c2c(F)cccc2F)N2CC(F)(F)C3(CC3)C2)cc1. The Morgan fingerprint density at radius 2 is 1.63 bits per heavy atom. The minimum atomic E-state index is -4.17. The van der Waals surface area contributed by atoms with Crippen LogP contribution in [0.3, 0.4) is 0 Å². The number of nitrogens with zero attached hydrogens (tertiary/aromatic N) is 2. The second kappa shape index (κ2) is 6.97. The Balaban J connectivity index is 1.73. The lowest BCUT2D eigenvalue weighted by atomic mass is 10.0. The quantitative estimate of drug-likeness (QED) is 0.341. The van der Waals surface area contributed by atoms with E-state index in [4.69, 9.17) is 0 Å². The third kappa shape index (κ3) is 3.53. The first kappa shape index (κ1) is 20.6. The highest BCUT2D eigenvalue weighted by molar-refractivity contribution is 7.89. The number of nitrogens with one attached hydrogen (secondary N) is 1. The Morgan fingerprint density at radius 3 is 2.17 bits per heavy atom. The highest BCUT2D eigenvalue weighted by Crippen LogP contribution is 2.61. The van der Waals surface area contributed by atoms with Crippen LogP contribution >= 0.6 is 0 Å². The summed E-state index contributed by atoms with van der Waals surface area (Å²) >= 11 is 0. The van der Waals surface area contributed by atoms with E-state index < -0.39 is 50.9 Å². The molecular weight excluding hydrogens is 422 g/mol. The van der Waals surface area contributed by atoms with E-state index in [0.29, 0.717) is 12.8 Å². The van der Waals surface area contributed by atoms with Crippen molar-refractivity contribution < 1.29 is 26.0 Å². The Morgan fingerprint density at radius 1 is 1.03 bits per heavy atom. The van der Waals surface area contributed by atoms with E-state index in [1.54, 1.807) is 19.1 Å². The van der Waals surface area contributed by atoms with E-state index in [9.17, 15) is 26.0 Å². The van der Waals surface area contributed by atoms with Crippen molar-refractivity contribution >= 4 is 15.9 Å². The van der Waals surface area contributed by atoms with Gasteiger partial charge in [0.1, 0.15) is 11.6 Å². The number of amidine groups is 1. The van der Waals surface area contributed by atoms with Crippen LogP contribution in [0.25, 0.3) is 0 Å². The van der Waals surface area contributed by atoms with E-state index in [1.807, 2.05) is 4.83 Å². The van der Waals surface area contributed by atoms with Crippen LogP contribution in [0.1, 0.15) is 24.0 Å². The highest BCUT2D eigenvalue weighted by Gasteiger charge is 2.67. The standard InChI is InChI=1S/C20H19F4N3O2S/c1-13-5-7-14(8-6-13)30(28,29)26-25-18(17-15(21)3-2-4-16(17)22)27-11-19(9-10-19)20(23,24)12-27/h2-8,26H,9-12H2,1H3/b25-18+. The first-order valence-electron chi connectivity index (χ1n) is 9.28. The number of hydrogen-bond donors (Lipinski definition) is 1. The van der Waals surface area contributed by atoms with Crippen molar-refractivity contribution in [3.05, 3.63) is 65.2 Å². The molecule has 0 aromatic heterocycles. The summed E-state index contributed by atoms with van der Waals surface area (Å²) in [7, 11) is -4.17. The summed E-state index contributed by atoms with van der Waals surface area (Å²) in [6.45, 7) is 0.813. The van der Waals surface area contributed by atoms with E-state index in [-0.39, 0.29) is 11.4 Å². The van der Waals surface area contributed by atoms with Gasteiger partial charge in [-0.05, 0) is 44.0 Å². The molecule has 10 heteroatoms. The Hall–Kier alpha value is -2.62. The van der Waals surface area contributed by atoms with Gasteiger partial charge in [-0.2, -0.15) is 13.2 Å². The molecule has 2 fully saturated rings. The molecule has 1 saturated heterocycles. The number of alkyl halides is 2. The van der Waals surface area contributed by atoms with Crippen LogP contribution in [0.4, 0.5) is 17.6 Å². The molecule has 1 spiro atoms. The van der Waals surface area contributed by atoms with E-state index >= 15 is 0 Å². The lowest BCUT2D eigenvalue weighted by Gasteiger charge is -2.21. The molecule has 1 heterocycles. The largest absolute Gasteiger partial charge is 0.348 e. The molecule has 2 aromatic rings. The molecule has 5 nitrogen and oxygen atoms in total. The minimum absolute atomic E-state index is 0.115. The molecule has 0 radical (unpaired) electrons. The molecule has 1 aliphatic heterocycles. The van der Waals surface area contributed by atoms with Crippen LogP contribution < -0.4 is 4.83 Å². The van der Waals surface area contributed by atoms with Crippen LogP contribution in [0.5, 0.6) is 0 Å². The summed E-state index contributed by atoms with van der Waals surface area (Å²) in [6, 6.07) is 8.90. The first-order valence-corrected chi connectivity index (χ1v) is 10.8. The lowest BCUT2D eigenvalue weighted by molar-refractivity contribution is -0.0365. The molecule has 1 aliphatic carbocycles. The molecule has 1 saturated carbocycles. The average Bonchev–Trinajstić information content (AvgIpc) is 3.40. The fourth-order valence-electron chi connectivity index (χ4n) is 3.64. The number of aryl methyl sites for hydroxylation is 1. The number of halogens is 4. The summed E-state index contributed by atoms with van der Waals surface area (Å²) in [5.74, 6) is -5.62. The minimum Gasteiger partial charge on any atom is -0.348 e. The van der Waals surface area contributed by atoms with E-state index in [1.165, 1.54) is 12.1 Å². The summed E-state index contributed by atoms with van der Waals surface area (Å²) in [6.07, 6.45) is 0.581. The molecular formula is C20H19F4N3O2S. The number of rotatable bonds is 4. The molecule has 0 atom stereocenters. The van der Waals surface area contributed by atoms with Gasteiger partial charge in [0.25, 0.3) is 15.9 Å². The summed E-state index contributed by atoms with van der Waals surface area (Å²) in [5, 5.41) is 3.72. The molecule has 30 heavy (non-hydrogen) atoms. The number of hydrogen-bond acceptors (Lipinski definition) is 3. The van der Waals surface area contributed by atoms with Gasteiger partial charge in [0.2, 0.25) is 0 Å². The maximum atomic E-state index is 14.5. The van der Waals surface area contributed by atoms with Crippen molar-refractivity contribution in [3.63, 3.8) is 0 Å². The van der Waals surface area contributed by atoms with Crippen molar-refractivity contribution in [2.45, 2.75) is 30.6 Å². The fraction of sp³-hybridized carbons (Fsp3) is 0.350. The zero-order valence-electron chi connectivity index (χ0n) is 16.0. The predicted molar refractivity (Wildman–Crippen MR) is 103 cm³/mol. The van der Waals surface area contributed by atoms with Crippen molar-refractivity contribution in [2.75, 3.05) is 13.1 Å². The second-order valence-corrected chi connectivity index (χ2v) is 9.44. The van der Waals surface area contributed by atoms with Crippen molar-refractivity contribution in [1.82, 2.24) is 9.73 Å². The number of sulfonamides is 1. The number of hydrazone groups is 1. The zero-order valence-corrected chi connectivity index (χ0v) is 16.8. The maximum absolute atomic E-state index is 14.5. The van der Waals surface area contributed by atoms with Crippen LogP contribution in [0.15, 0.2) is 52.5 Å². The molecule has 0 unspecified atom stereocenters. The van der Waals surface area contributed by atoms with Crippen molar-refractivity contribution in [1.29, 1.82) is 0 Å². The van der Waals surface area contributed by atoms with Gasteiger partial charge >= 0.3 is 0 Å². The molecule has 4 rings (SSSR count). The van der Waals surface area contributed by atoms with Crippen LogP contribution in [-0.2, 0) is 10.0 Å². The van der Waals surface area contributed by atoms with E-state index in [2.05, 4.69) is 5.10 Å². The monoisotopic (exact) mass is 441 g/mol. The summed E-state index contributed by atoms with van der Waals surface area (Å²) in [5.41, 5.74) is -1.08. The predicted octanol–water partition coefficient (Wildman–Crippen LogP) is 3.64. The average molecular weight is 441 g/mol. The third-order valence-electron chi connectivity index (χ3n) is 5.60. The van der Waals surface area contributed by atoms with Gasteiger partial charge in [-0.3, -0.25) is 0 Å². The zero-order chi connectivity index (χ0) is 21.7. The van der Waals surface area contributed by atoms with Crippen LogP contribution in [0.2, 0.25) is 0 Å². The number of likely N-dealkylation sites (tertiary alicyclic amines) is 1. The third-order valence-corrected chi connectivity index (χ3v) is 6.83. The molecule has 0 amide bonds. The topological polar surface area (TPSA) is 61.8 Å². The van der Waals surface area contributed by atoms with Crippen LogP contribution in [0, 0.1) is 24.0 Å².